The molecule has 2 aromatic rings. The standard InChI is InChI=1S/C25H23N7O5S4/c26-25-28-14(10-41-25)18(30-37)21(33)29-19-22(34)32-20(24(35)36)13(9-40-23(19)32)8-38-17-7-27-16(11-39-17)31-6-2-4-12-3-1-5-15(12)31/h2,4,6-7,10-11,17,19,23H,1,3,5,8-9H2,(H4-,26,28,29,33,35,36,37)/p+1/t17?,19-,23?/m1/s1. The molecule has 0 radical (unpaired) electrons. The molecule has 2 unspecified atom stereocenters. The molecule has 1 aliphatic carbocycles. The van der Waals surface area contributed by atoms with Gasteiger partial charge >= 0.3 is 11.8 Å². The molecule has 5 N–H and O–H groups in total. The van der Waals surface area contributed by atoms with Crippen molar-refractivity contribution in [3.8, 4) is 0 Å². The highest BCUT2D eigenvalue weighted by Gasteiger charge is 2.54. The summed E-state index contributed by atoms with van der Waals surface area (Å²) >= 11 is 5.62. The van der Waals surface area contributed by atoms with Crippen molar-refractivity contribution < 1.29 is 29.3 Å². The van der Waals surface area contributed by atoms with Crippen LogP contribution in [-0.2, 0) is 27.2 Å². The van der Waals surface area contributed by atoms with E-state index >= 15 is 0 Å². The Hall–Kier alpha value is -3.34. The highest BCUT2D eigenvalue weighted by molar-refractivity contribution is 8.19. The second-order valence-corrected chi connectivity index (χ2v) is 13.8. The normalized spacial score (nSPS) is 23.6. The number of amides is 2. The summed E-state index contributed by atoms with van der Waals surface area (Å²) in [5, 5.41) is 28.0. The molecule has 3 atom stereocenters. The van der Waals surface area contributed by atoms with Crippen molar-refractivity contribution in [2.75, 3.05) is 17.2 Å². The molecule has 0 bridgehead atoms. The van der Waals surface area contributed by atoms with Crippen LogP contribution in [0.1, 0.15) is 23.4 Å². The number of nitrogens with one attached hydrogen (secondary N) is 1. The molecule has 0 spiro atoms. The van der Waals surface area contributed by atoms with Crippen molar-refractivity contribution in [2.24, 2.45) is 10.1 Å². The molecule has 41 heavy (non-hydrogen) atoms. The van der Waals surface area contributed by atoms with Crippen LogP contribution in [0.4, 0.5) is 5.13 Å². The van der Waals surface area contributed by atoms with E-state index < -0.39 is 29.2 Å². The van der Waals surface area contributed by atoms with Gasteiger partial charge in [-0.05, 0) is 30.0 Å². The number of carboxylic acid groups (broad SMARTS) is 1. The number of aromatic nitrogens is 2. The number of thiazole rings is 1. The summed E-state index contributed by atoms with van der Waals surface area (Å²) in [6.45, 7) is 0. The number of aliphatic carboxylic acids is 1. The number of nitrogens with two attached hydrogens (primary N) is 1. The van der Waals surface area contributed by atoms with E-state index in [1.165, 1.54) is 33.3 Å². The lowest BCUT2D eigenvalue weighted by molar-refractivity contribution is -0.590. The molecule has 212 valence electrons. The Morgan fingerprint density at radius 3 is 2.90 bits per heavy atom. The Bertz CT molecular complexity index is 1570. The Balaban J connectivity index is 1.10. The van der Waals surface area contributed by atoms with E-state index in [9.17, 15) is 24.7 Å². The van der Waals surface area contributed by atoms with E-state index in [4.69, 9.17) is 5.73 Å². The predicted molar refractivity (Wildman–Crippen MR) is 160 cm³/mol. The molecular formula is C25H24N7O5S4+. The van der Waals surface area contributed by atoms with Crippen molar-refractivity contribution in [3.05, 3.63) is 57.3 Å². The first-order chi connectivity index (χ1) is 19.9. The third-order valence-corrected chi connectivity index (χ3v) is 11.4. The number of hydrogen-bond donors (Lipinski definition) is 4. The van der Waals surface area contributed by atoms with Crippen LogP contribution in [0.5, 0.6) is 0 Å². The van der Waals surface area contributed by atoms with Crippen LogP contribution in [0.3, 0.4) is 0 Å². The SMILES string of the molecule is Nc1nc(/C(=N/O)C(=O)N[C@@H]2C(=O)N3C(C(=O)O)=C(CSC4C=NC([n+]5cccc6c5CCC6)=CS4)CSC23)cs1. The lowest BCUT2D eigenvalue weighted by Crippen LogP contribution is -2.71. The number of aliphatic imine (C=N–C) groups is 1. The first kappa shape index (κ1) is 27.8. The first-order valence-electron chi connectivity index (χ1n) is 12.5. The zero-order valence-electron chi connectivity index (χ0n) is 21.3. The van der Waals surface area contributed by atoms with E-state index in [0.717, 1.165) is 36.4 Å². The molecule has 5 heterocycles. The summed E-state index contributed by atoms with van der Waals surface area (Å²) in [7, 11) is 0. The summed E-state index contributed by atoms with van der Waals surface area (Å²) in [5.74, 6) is -0.867. The van der Waals surface area contributed by atoms with Gasteiger partial charge in [-0.25, -0.2) is 9.78 Å². The maximum Gasteiger partial charge on any atom is 0.352 e. The number of hydrogen-bond acceptors (Lipinski definition) is 12. The van der Waals surface area contributed by atoms with Gasteiger partial charge in [0, 0.05) is 23.3 Å². The molecule has 0 aromatic carbocycles. The average molecular weight is 631 g/mol. The van der Waals surface area contributed by atoms with E-state index in [2.05, 4.69) is 31.1 Å². The summed E-state index contributed by atoms with van der Waals surface area (Å²) in [6, 6.07) is 3.24. The van der Waals surface area contributed by atoms with E-state index in [0.29, 0.717) is 17.1 Å². The van der Waals surface area contributed by atoms with Gasteiger partial charge in [0.1, 0.15) is 39.3 Å². The molecule has 6 rings (SSSR count). The summed E-state index contributed by atoms with van der Waals surface area (Å²) in [5.41, 5.74) is 8.54. The second-order valence-electron chi connectivity index (χ2n) is 9.41. The van der Waals surface area contributed by atoms with Crippen LogP contribution in [0.25, 0.3) is 5.82 Å². The van der Waals surface area contributed by atoms with Crippen LogP contribution in [0, 0.1) is 0 Å². The minimum absolute atomic E-state index is 0.00329. The van der Waals surface area contributed by atoms with Crippen LogP contribution in [0.15, 0.2) is 50.5 Å². The first-order valence-corrected chi connectivity index (χ1v) is 16.5. The Morgan fingerprint density at radius 1 is 1.34 bits per heavy atom. The third kappa shape index (κ3) is 5.24. The maximum absolute atomic E-state index is 13.0. The van der Waals surface area contributed by atoms with Gasteiger partial charge in [0.2, 0.25) is 0 Å². The van der Waals surface area contributed by atoms with Crippen LogP contribution in [-0.4, -0.2) is 77.4 Å². The van der Waals surface area contributed by atoms with E-state index in [1.807, 2.05) is 23.9 Å². The number of fused-ring (bicyclic) bond motifs is 2. The third-order valence-electron chi connectivity index (χ3n) is 6.97. The van der Waals surface area contributed by atoms with Gasteiger partial charge in [0.05, 0.1) is 11.6 Å². The number of rotatable bonds is 8. The Morgan fingerprint density at radius 2 is 2.20 bits per heavy atom. The van der Waals surface area contributed by atoms with Gasteiger partial charge in [-0.15, -0.1) is 46.6 Å². The average Bonchev–Trinajstić information content (AvgIpc) is 3.64. The fraction of sp³-hybridized carbons (Fsp3) is 0.320. The van der Waals surface area contributed by atoms with Crippen LogP contribution >= 0.6 is 46.6 Å². The molecule has 3 aliphatic heterocycles. The quantitative estimate of drug-likeness (QED) is 0.111. The topological polar surface area (TPSA) is 174 Å². The van der Waals surface area contributed by atoms with E-state index in [-0.39, 0.29) is 26.8 Å². The number of carbonyl (C=O) groups is 3. The monoisotopic (exact) mass is 630 g/mol. The molecule has 1 fully saturated rings. The lowest BCUT2D eigenvalue weighted by Gasteiger charge is -2.49. The maximum atomic E-state index is 13.0. The molecule has 1 saturated heterocycles. The molecule has 4 aliphatic rings. The molecular weight excluding hydrogens is 607 g/mol. The molecule has 0 saturated carbocycles. The van der Waals surface area contributed by atoms with Crippen molar-refractivity contribution in [1.29, 1.82) is 0 Å². The van der Waals surface area contributed by atoms with Crippen LogP contribution < -0.4 is 15.6 Å². The lowest BCUT2D eigenvalue weighted by atomic mass is 10.0. The Kier molecular flexibility index (Phi) is 7.80. The number of thioether (sulfide) groups is 3. The molecule has 12 nitrogen and oxygen atoms in total. The fourth-order valence-corrected chi connectivity index (χ4v) is 9.10. The summed E-state index contributed by atoms with van der Waals surface area (Å²) in [6.07, 6.45) is 7.18. The number of carbonyl (C=O) groups excluding carboxylic acids is 2. The van der Waals surface area contributed by atoms with Crippen molar-refractivity contribution in [2.45, 2.75) is 35.3 Å². The largest absolute Gasteiger partial charge is 0.477 e. The number of pyridine rings is 1. The van der Waals surface area contributed by atoms with Crippen molar-refractivity contribution in [1.82, 2.24) is 15.2 Å². The van der Waals surface area contributed by atoms with Crippen LogP contribution in [0.2, 0.25) is 0 Å². The number of β-lactam (4-membered cyclic amide) rings is 1. The summed E-state index contributed by atoms with van der Waals surface area (Å²) < 4.78 is 2.14. The summed E-state index contributed by atoms with van der Waals surface area (Å²) in [4.78, 5) is 47.8. The number of anilines is 1. The van der Waals surface area contributed by atoms with E-state index in [1.54, 1.807) is 23.5 Å². The molecule has 16 heteroatoms. The zero-order valence-corrected chi connectivity index (χ0v) is 24.6. The minimum atomic E-state index is -1.19. The fourth-order valence-electron chi connectivity index (χ4n) is 5.08. The minimum Gasteiger partial charge on any atom is -0.477 e. The number of nitrogens with zero attached hydrogens (tertiary/aromatic N) is 5. The highest BCUT2D eigenvalue weighted by Crippen LogP contribution is 2.42. The molecule has 2 aromatic heterocycles. The van der Waals surface area contributed by atoms with Gasteiger partial charge < -0.3 is 21.4 Å². The zero-order chi connectivity index (χ0) is 28.7. The van der Waals surface area contributed by atoms with Gasteiger partial charge in [-0.3, -0.25) is 14.5 Å². The van der Waals surface area contributed by atoms with Gasteiger partial charge in [0.25, 0.3) is 11.8 Å². The highest BCUT2D eigenvalue weighted by atomic mass is 32.2. The number of aryl methyl sites for hydroxylation is 1. The number of nitrogen functional groups attached to an aromatic ring is 1. The second kappa shape index (κ2) is 11.5. The predicted octanol–water partition coefficient (Wildman–Crippen LogP) is 1.75. The van der Waals surface area contributed by atoms with Crippen molar-refractivity contribution >= 4 is 87.3 Å². The number of oxime groups is 1. The smallest absolute Gasteiger partial charge is 0.352 e. The van der Waals surface area contributed by atoms with Crippen molar-refractivity contribution in [3.63, 3.8) is 0 Å². The van der Waals surface area contributed by atoms with Gasteiger partial charge in [0.15, 0.2) is 10.8 Å². The molecule has 2 amide bonds. The number of carboxylic acids is 1. The Labute approximate surface area is 250 Å². The van der Waals surface area contributed by atoms with Gasteiger partial charge in [-0.1, -0.05) is 16.2 Å². The van der Waals surface area contributed by atoms with Gasteiger partial charge in [-0.2, -0.15) is 4.57 Å².